The molecule has 34 heavy (non-hydrogen) atoms. The molecule has 7 nitrogen and oxygen atoms in total. The van der Waals surface area contributed by atoms with Gasteiger partial charge in [-0.2, -0.15) is 0 Å². The molecule has 0 unspecified atom stereocenters. The molecule has 0 spiro atoms. The molecule has 0 saturated carbocycles. The molecule has 0 radical (unpaired) electrons. The van der Waals surface area contributed by atoms with Gasteiger partial charge in [-0.3, -0.25) is 14.5 Å². The Labute approximate surface area is 203 Å². The van der Waals surface area contributed by atoms with Gasteiger partial charge in [0.05, 0.1) is 23.9 Å². The van der Waals surface area contributed by atoms with Gasteiger partial charge >= 0.3 is 11.9 Å². The molecule has 1 saturated heterocycles. The molecule has 1 aromatic heterocycles. The normalized spacial score (nSPS) is 17.3. The quantitative estimate of drug-likeness (QED) is 0.228. The first-order chi connectivity index (χ1) is 16.2. The van der Waals surface area contributed by atoms with Crippen LogP contribution >= 0.6 is 22.9 Å². The first-order valence-electron chi connectivity index (χ1n) is 10.2. The fourth-order valence-corrected chi connectivity index (χ4v) is 4.74. The third kappa shape index (κ3) is 4.20. The van der Waals surface area contributed by atoms with E-state index in [4.69, 9.17) is 16.3 Å². The van der Waals surface area contributed by atoms with E-state index in [0.29, 0.717) is 16.3 Å². The van der Waals surface area contributed by atoms with Crippen LogP contribution in [0.3, 0.4) is 0 Å². The van der Waals surface area contributed by atoms with Gasteiger partial charge in [-0.1, -0.05) is 35.1 Å². The number of anilines is 1. The van der Waals surface area contributed by atoms with Crippen molar-refractivity contribution >= 4 is 51.5 Å². The van der Waals surface area contributed by atoms with Crippen LogP contribution in [0.15, 0.2) is 54.1 Å². The van der Waals surface area contributed by atoms with Gasteiger partial charge < -0.3 is 9.84 Å². The zero-order valence-corrected chi connectivity index (χ0v) is 19.6. The molecule has 1 fully saturated rings. The van der Waals surface area contributed by atoms with Crippen LogP contribution < -0.4 is 4.90 Å². The maximum Gasteiger partial charge on any atom is 0.350 e. The van der Waals surface area contributed by atoms with E-state index in [0.717, 1.165) is 28.4 Å². The van der Waals surface area contributed by atoms with Gasteiger partial charge in [0.15, 0.2) is 5.13 Å². The number of halogens is 2. The number of aromatic nitrogens is 1. The van der Waals surface area contributed by atoms with Crippen LogP contribution in [-0.2, 0) is 14.3 Å². The molecule has 1 amide bonds. The molecular weight excluding hydrogens is 483 g/mol. The number of aliphatic hydroxyl groups is 1. The van der Waals surface area contributed by atoms with E-state index in [9.17, 15) is 23.9 Å². The topological polar surface area (TPSA) is 96.8 Å². The van der Waals surface area contributed by atoms with Crippen LogP contribution in [0.5, 0.6) is 0 Å². The minimum atomic E-state index is -1.05. The fraction of sp³-hybridized carbons (Fsp3) is 0.167. The predicted molar refractivity (Wildman–Crippen MR) is 125 cm³/mol. The van der Waals surface area contributed by atoms with Crippen molar-refractivity contribution in [3.63, 3.8) is 0 Å². The van der Waals surface area contributed by atoms with Crippen molar-refractivity contribution in [3.8, 4) is 0 Å². The van der Waals surface area contributed by atoms with Crippen LogP contribution in [0, 0.1) is 12.7 Å². The number of hydrogen-bond acceptors (Lipinski definition) is 7. The number of amides is 1. The molecule has 1 atom stereocenters. The Morgan fingerprint density at radius 2 is 1.82 bits per heavy atom. The molecule has 0 aliphatic carbocycles. The third-order valence-electron chi connectivity index (χ3n) is 5.20. The van der Waals surface area contributed by atoms with Crippen molar-refractivity contribution in [2.45, 2.75) is 19.9 Å². The summed E-state index contributed by atoms with van der Waals surface area (Å²) in [7, 11) is 0. The lowest BCUT2D eigenvalue weighted by atomic mass is 9.95. The highest BCUT2D eigenvalue weighted by Crippen LogP contribution is 2.44. The van der Waals surface area contributed by atoms with Crippen molar-refractivity contribution in [1.29, 1.82) is 0 Å². The van der Waals surface area contributed by atoms with Crippen LogP contribution in [0.25, 0.3) is 5.76 Å². The number of carbonyl (C=O) groups is 3. The Hall–Kier alpha value is -3.56. The number of benzene rings is 2. The molecule has 4 rings (SSSR count). The number of rotatable bonds is 5. The number of ketones is 1. The van der Waals surface area contributed by atoms with E-state index in [1.54, 1.807) is 38.1 Å². The zero-order chi connectivity index (χ0) is 24.6. The van der Waals surface area contributed by atoms with E-state index < -0.39 is 35.3 Å². The standard InChI is InChI=1S/C24H18ClFN2O5S/c1-3-33-23(32)21-12(2)27-24(34-21)28-18(13-4-8-15(25)9-5-13)17(20(30)22(28)31)19(29)14-6-10-16(26)11-7-14/h4-11,18,29H,3H2,1-2H3/b19-17+/t18-/m1/s1. The smallest absolute Gasteiger partial charge is 0.350 e. The summed E-state index contributed by atoms with van der Waals surface area (Å²) in [4.78, 5) is 44.3. The van der Waals surface area contributed by atoms with Crippen molar-refractivity contribution in [2.24, 2.45) is 0 Å². The molecule has 1 N–H and O–H groups in total. The first-order valence-corrected chi connectivity index (χ1v) is 11.4. The number of hydrogen-bond donors (Lipinski definition) is 1. The molecular formula is C24H18ClFN2O5S. The van der Waals surface area contributed by atoms with Crippen LogP contribution in [0.4, 0.5) is 9.52 Å². The summed E-state index contributed by atoms with van der Waals surface area (Å²) < 4.78 is 18.5. The number of esters is 1. The van der Waals surface area contributed by atoms with Gasteiger partial charge in [0.2, 0.25) is 0 Å². The number of Topliss-reactive ketones (excluding diaryl/α,β-unsaturated/α-hetero) is 1. The van der Waals surface area contributed by atoms with Crippen molar-refractivity contribution < 1.29 is 28.6 Å². The SMILES string of the molecule is CCOC(=O)c1sc(N2C(=O)C(=O)/C(=C(/O)c3ccc(F)cc3)[C@H]2c2ccc(Cl)cc2)nc1C. The number of thiazole rings is 1. The second-order valence-electron chi connectivity index (χ2n) is 7.36. The number of aliphatic hydroxyl groups excluding tert-OH is 1. The van der Waals surface area contributed by atoms with Gasteiger partial charge in [-0.05, 0) is 55.8 Å². The van der Waals surface area contributed by atoms with Gasteiger partial charge in [0, 0.05) is 10.6 Å². The van der Waals surface area contributed by atoms with Gasteiger partial charge in [0.25, 0.3) is 5.78 Å². The molecule has 10 heteroatoms. The summed E-state index contributed by atoms with van der Waals surface area (Å²) in [5.41, 5.74) is 0.803. The van der Waals surface area contributed by atoms with E-state index >= 15 is 0 Å². The Bertz CT molecular complexity index is 1320. The Morgan fingerprint density at radius 1 is 1.18 bits per heavy atom. The summed E-state index contributed by atoms with van der Waals surface area (Å²) >= 11 is 6.93. The number of carbonyl (C=O) groups excluding carboxylic acids is 3. The molecule has 174 valence electrons. The summed E-state index contributed by atoms with van der Waals surface area (Å²) in [5, 5.41) is 11.5. The summed E-state index contributed by atoms with van der Waals surface area (Å²) in [6.07, 6.45) is 0. The van der Waals surface area contributed by atoms with Crippen molar-refractivity contribution in [1.82, 2.24) is 4.98 Å². The van der Waals surface area contributed by atoms with Crippen molar-refractivity contribution in [3.05, 3.63) is 86.6 Å². The average Bonchev–Trinajstić information content (AvgIpc) is 3.31. The lowest BCUT2D eigenvalue weighted by Crippen LogP contribution is -2.29. The minimum absolute atomic E-state index is 0.0979. The number of aryl methyl sites for hydroxylation is 1. The fourth-order valence-electron chi connectivity index (χ4n) is 3.62. The van der Waals surface area contributed by atoms with Gasteiger partial charge in [-0.25, -0.2) is 14.2 Å². The lowest BCUT2D eigenvalue weighted by molar-refractivity contribution is -0.132. The third-order valence-corrected chi connectivity index (χ3v) is 6.59. The Kier molecular flexibility index (Phi) is 6.49. The van der Waals surface area contributed by atoms with Crippen LogP contribution in [0.2, 0.25) is 5.02 Å². The molecule has 0 bridgehead atoms. The monoisotopic (exact) mass is 500 g/mol. The Balaban J connectivity index is 1.90. The van der Waals surface area contributed by atoms with Gasteiger partial charge in [0.1, 0.15) is 16.5 Å². The largest absolute Gasteiger partial charge is 0.507 e. The Morgan fingerprint density at radius 3 is 2.44 bits per heavy atom. The highest BCUT2D eigenvalue weighted by atomic mass is 35.5. The molecule has 2 heterocycles. The predicted octanol–water partition coefficient (Wildman–Crippen LogP) is 5.05. The van der Waals surface area contributed by atoms with E-state index in [1.165, 1.54) is 12.1 Å². The molecule has 2 aromatic carbocycles. The second-order valence-corrected chi connectivity index (χ2v) is 8.77. The van der Waals surface area contributed by atoms with E-state index in [2.05, 4.69) is 4.98 Å². The molecule has 1 aliphatic heterocycles. The summed E-state index contributed by atoms with van der Waals surface area (Å²) in [6.45, 7) is 3.43. The molecule has 1 aliphatic rings. The maximum absolute atomic E-state index is 13.4. The first kappa shape index (κ1) is 23.6. The van der Waals surface area contributed by atoms with Crippen molar-refractivity contribution in [2.75, 3.05) is 11.5 Å². The van der Waals surface area contributed by atoms with E-state index in [1.807, 2.05) is 0 Å². The summed E-state index contributed by atoms with van der Waals surface area (Å²) in [6, 6.07) is 10.3. The number of nitrogens with zero attached hydrogens (tertiary/aromatic N) is 2. The highest BCUT2D eigenvalue weighted by molar-refractivity contribution is 7.17. The maximum atomic E-state index is 13.4. The highest BCUT2D eigenvalue weighted by Gasteiger charge is 2.48. The second kappa shape index (κ2) is 9.36. The zero-order valence-electron chi connectivity index (χ0n) is 18.0. The minimum Gasteiger partial charge on any atom is -0.507 e. The van der Waals surface area contributed by atoms with Gasteiger partial charge in [-0.15, -0.1) is 0 Å². The summed E-state index contributed by atoms with van der Waals surface area (Å²) in [5.74, 6) is -3.43. The average molecular weight is 501 g/mol. The van der Waals surface area contributed by atoms with Crippen LogP contribution in [0.1, 0.15) is 39.5 Å². The van der Waals surface area contributed by atoms with Crippen LogP contribution in [-0.4, -0.2) is 34.4 Å². The van der Waals surface area contributed by atoms with E-state index in [-0.39, 0.29) is 27.8 Å². The molecule has 3 aromatic rings. The number of ether oxygens (including phenoxy) is 1. The lowest BCUT2D eigenvalue weighted by Gasteiger charge is -2.23.